The fourth-order valence-electron chi connectivity index (χ4n) is 2.81. The summed E-state index contributed by atoms with van der Waals surface area (Å²) in [4.78, 5) is 25.6. The first-order valence-corrected chi connectivity index (χ1v) is 8.09. The number of nitrogens with one attached hydrogen (secondary N) is 1. The number of ether oxygens (including phenoxy) is 1. The molecule has 2 amide bonds. The van der Waals surface area contributed by atoms with Crippen LogP contribution < -0.4 is 15.0 Å². The van der Waals surface area contributed by atoms with Crippen molar-refractivity contribution >= 4 is 17.5 Å². The molecule has 0 aromatic heterocycles. The number of methoxy groups -OCH3 is 1. The van der Waals surface area contributed by atoms with E-state index in [-0.39, 0.29) is 23.1 Å². The van der Waals surface area contributed by atoms with E-state index in [9.17, 15) is 14.0 Å². The highest BCUT2D eigenvalue weighted by atomic mass is 19.1. The van der Waals surface area contributed by atoms with Gasteiger partial charge in [0.15, 0.2) is 11.6 Å². The fraction of sp³-hybridized carbons (Fsp3) is 0.263. The maximum atomic E-state index is 13.7. The molecule has 1 aliphatic heterocycles. The summed E-state index contributed by atoms with van der Waals surface area (Å²) in [5, 5.41) is 2.75. The lowest BCUT2D eigenvalue weighted by Gasteiger charge is -2.16. The smallest absolute Gasteiger partial charge is 0.251 e. The first kappa shape index (κ1) is 17.0. The van der Waals surface area contributed by atoms with Crippen LogP contribution in [0.3, 0.4) is 0 Å². The highest BCUT2D eigenvalue weighted by Gasteiger charge is 2.21. The fourth-order valence-corrected chi connectivity index (χ4v) is 2.81. The molecule has 2 aromatic rings. The second-order valence-electron chi connectivity index (χ2n) is 5.85. The number of hydrogen-bond donors (Lipinski definition) is 1. The van der Waals surface area contributed by atoms with Crippen LogP contribution >= 0.6 is 0 Å². The minimum absolute atomic E-state index is 0.101. The average molecular weight is 342 g/mol. The van der Waals surface area contributed by atoms with E-state index >= 15 is 0 Å². The molecule has 1 saturated heterocycles. The first-order chi connectivity index (χ1) is 12.1. The van der Waals surface area contributed by atoms with Gasteiger partial charge >= 0.3 is 0 Å². The lowest BCUT2D eigenvalue weighted by Crippen LogP contribution is -2.24. The molecule has 1 fully saturated rings. The van der Waals surface area contributed by atoms with Gasteiger partial charge in [0.1, 0.15) is 0 Å². The van der Waals surface area contributed by atoms with Gasteiger partial charge in [0, 0.05) is 30.8 Å². The SMILES string of the molecule is COc1ccc(C(=O)NCc2ccc(N3CCCC3=O)cc2)cc1F. The zero-order valence-corrected chi connectivity index (χ0v) is 13.9. The van der Waals surface area contributed by atoms with Crippen LogP contribution in [0, 0.1) is 5.82 Å². The van der Waals surface area contributed by atoms with E-state index in [0.717, 1.165) is 30.3 Å². The largest absolute Gasteiger partial charge is 0.494 e. The number of nitrogens with zero attached hydrogens (tertiary/aromatic N) is 1. The van der Waals surface area contributed by atoms with Crippen LogP contribution in [-0.4, -0.2) is 25.5 Å². The summed E-state index contributed by atoms with van der Waals surface area (Å²) >= 11 is 0. The monoisotopic (exact) mass is 342 g/mol. The Morgan fingerprint density at radius 2 is 2.00 bits per heavy atom. The number of carbonyl (C=O) groups excluding carboxylic acids is 2. The quantitative estimate of drug-likeness (QED) is 0.909. The predicted octanol–water partition coefficient (Wildman–Crippen LogP) is 2.89. The highest BCUT2D eigenvalue weighted by molar-refractivity contribution is 5.95. The van der Waals surface area contributed by atoms with Gasteiger partial charge < -0.3 is 15.0 Å². The molecule has 130 valence electrons. The van der Waals surface area contributed by atoms with Crippen molar-refractivity contribution in [2.24, 2.45) is 0 Å². The number of amides is 2. The Kier molecular flexibility index (Phi) is 4.97. The minimum Gasteiger partial charge on any atom is -0.494 e. The van der Waals surface area contributed by atoms with Crippen LogP contribution in [-0.2, 0) is 11.3 Å². The Hall–Kier alpha value is -2.89. The van der Waals surface area contributed by atoms with Crippen molar-refractivity contribution in [2.75, 3.05) is 18.6 Å². The van der Waals surface area contributed by atoms with E-state index in [4.69, 9.17) is 4.74 Å². The van der Waals surface area contributed by atoms with Gasteiger partial charge in [-0.25, -0.2) is 4.39 Å². The van der Waals surface area contributed by atoms with Gasteiger partial charge in [0.2, 0.25) is 5.91 Å². The third kappa shape index (κ3) is 3.79. The third-order valence-electron chi connectivity index (χ3n) is 4.19. The van der Waals surface area contributed by atoms with Crippen molar-refractivity contribution in [3.05, 3.63) is 59.4 Å². The number of carbonyl (C=O) groups is 2. The number of halogens is 1. The van der Waals surface area contributed by atoms with Gasteiger partial charge in [-0.05, 0) is 42.3 Å². The van der Waals surface area contributed by atoms with Gasteiger partial charge in [-0.3, -0.25) is 9.59 Å². The van der Waals surface area contributed by atoms with Gasteiger partial charge in [-0.2, -0.15) is 0 Å². The molecule has 6 heteroatoms. The molecule has 1 aliphatic rings. The van der Waals surface area contributed by atoms with E-state index in [1.165, 1.54) is 19.2 Å². The molecule has 1 heterocycles. The number of benzene rings is 2. The molecule has 0 radical (unpaired) electrons. The Labute approximate surface area is 145 Å². The second-order valence-corrected chi connectivity index (χ2v) is 5.85. The third-order valence-corrected chi connectivity index (χ3v) is 4.19. The molecule has 25 heavy (non-hydrogen) atoms. The lowest BCUT2D eigenvalue weighted by molar-refractivity contribution is -0.117. The van der Waals surface area contributed by atoms with Gasteiger partial charge in [-0.1, -0.05) is 12.1 Å². The topological polar surface area (TPSA) is 58.6 Å². The predicted molar refractivity (Wildman–Crippen MR) is 92.2 cm³/mol. The van der Waals surface area contributed by atoms with Gasteiger partial charge in [0.25, 0.3) is 5.91 Å². The van der Waals surface area contributed by atoms with Crippen LogP contribution in [0.5, 0.6) is 5.75 Å². The molecule has 2 aromatic carbocycles. The van der Waals surface area contributed by atoms with E-state index in [1.54, 1.807) is 4.90 Å². The second kappa shape index (κ2) is 7.34. The Balaban J connectivity index is 1.60. The average Bonchev–Trinajstić information content (AvgIpc) is 3.06. The maximum absolute atomic E-state index is 13.7. The van der Waals surface area contributed by atoms with E-state index in [1.807, 2.05) is 24.3 Å². The summed E-state index contributed by atoms with van der Waals surface area (Å²) in [5.74, 6) is -0.693. The lowest BCUT2D eigenvalue weighted by atomic mass is 10.1. The zero-order chi connectivity index (χ0) is 17.8. The molecular formula is C19H19FN2O3. The van der Waals surface area contributed by atoms with Crippen LogP contribution in [0.25, 0.3) is 0 Å². The Morgan fingerprint density at radius 1 is 1.24 bits per heavy atom. The summed E-state index contributed by atoms with van der Waals surface area (Å²) in [6.45, 7) is 1.07. The number of rotatable bonds is 5. The molecular weight excluding hydrogens is 323 g/mol. The van der Waals surface area contributed by atoms with Crippen molar-refractivity contribution in [1.29, 1.82) is 0 Å². The van der Waals surface area contributed by atoms with Crippen LogP contribution in [0.1, 0.15) is 28.8 Å². The van der Waals surface area contributed by atoms with E-state index in [2.05, 4.69) is 5.32 Å². The summed E-state index contributed by atoms with van der Waals surface area (Å²) in [6.07, 6.45) is 1.48. The molecule has 0 aliphatic carbocycles. The summed E-state index contributed by atoms with van der Waals surface area (Å²) < 4.78 is 18.5. The van der Waals surface area contributed by atoms with Crippen molar-refractivity contribution < 1.29 is 18.7 Å². The first-order valence-electron chi connectivity index (χ1n) is 8.09. The van der Waals surface area contributed by atoms with Crippen molar-refractivity contribution in [2.45, 2.75) is 19.4 Å². The van der Waals surface area contributed by atoms with E-state index < -0.39 is 5.82 Å². The Morgan fingerprint density at radius 3 is 2.60 bits per heavy atom. The molecule has 5 nitrogen and oxygen atoms in total. The van der Waals surface area contributed by atoms with Crippen molar-refractivity contribution in [3.8, 4) is 5.75 Å². The number of hydrogen-bond acceptors (Lipinski definition) is 3. The standard InChI is InChI=1S/C19H19FN2O3/c1-25-17-9-6-14(11-16(17)20)19(24)21-12-13-4-7-15(8-5-13)22-10-2-3-18(22)23/h4-9,11H,2-3,10,12H2,1H3,(H,21,24). The molecule has 0 bridgehead atoms. The van der Waals surface area contributed by atoms with Crippen molar-refractivity contribution in [3.63, 3.8) is 0 Å². The van der Waals surface area contributed by atoms with Crippen LogP contribution in [0.2, 0.25) is 0 Å². The molecule has 1 N–H and O–H groups in total. The molecule has 0 atom stereocenters. The maximum Gasteiger partial charge on any atom is 0.251 e. The highest BCUT2D eigenvalue weighted by Crippen LogP contribution is 2.22. The van der Waals surface area contributed by atoms with Crippen LogP contribution in [0.4, 0.5) is 10.1 Å². The zero-order valence-electron chi connectivity index (χ0n) is 13.9. The summed E-state index contributed by atoms with van der Waals surface area (Å²) in [6, 6.07) is 11.6. The summed E-state index contributed by atoms with van der Waals surface area (Å²) in [7, 11) is 1.37. The normalized spacial score (nSPS) is 13.8. The number of anilines is 1. The minimum atomic E-state index is -0.574. The molecule has 0 spiro atoms. The van der Waals surface area contributed by atoms with Gasteiger partial charge in [-0.15, -0.1) is 0 Å². The van der Waals surface area contributed by atoms with Crippen molar-refractivity contribution in [1.82, 2.24) is 5.32 Å². The molecule has 0 saturated carbocycles. The van der Waals surface area contributed by atoms with Gasteiger partial charge in [0.05, 0.1) is 7.11 Å². The Bertz CT molecular complexity index is 790. The summed E-state index contributed by atoms with van der Waals surface area (Å²) in [5.41, 5.74) is 2.00. The molecule has 0 unspecified atom stereocenters. The molecule has 3 rings (SSSR count). The van der Waals surface area contributed by atoms with Crippen LogP contribution in [0.15, 0.2) is 42.5 Å². The van der Waals surface area contributed by atoms with E-state index in [0.29, 0.717) is 13.0 Å².